The lowest BCUT2D eigenvalue weighted by molar-refractivity contribution is 0.283. The zero-order valence-electron chi connectivity index (χ0n) is 7.17. The smallest absolute Gasteiger partial charge is 0.0698 e. The van der Waals surface area contributed by atoms with Crippen LogP contribution in [-0.4, -0.2) is 5.11 Å². The molecule has 1 aromatic heterocycles. The molecule has 1 heterocycles. The van der Waals surface area contributed by atoms with E-state index < -0.39 is 0 Å². The van der Waals surface area contributed by atoms with E-state index in [0.29, 0.717) is 0 Å². The van der Waals surface area contributed by atoms with Crippen LogP contribution in [0.15, 0.2) is 18.2 Å². The summed E-state index contributed by atoms with van der Waals surface area (Å²) in [6.07, 6.45) is 0. The van der Waals surface area contributed by atoms with Crippen molar-refractivity contribution in [1.29, 1.82) is 0 Å². The second-order valence-corrected chi connectivity index (χ2v) is 5.44. The van der Waals surface area contributed by atoms with E-state index >= 15 is 0 Å². The van der Waals surface area contributed by atoms with E-state index in [1.165, 1.54) is 18.5 Å². The number of rotatable bonds is 1. The molecule has 0 saturated carbocycles. The molecule has 0 saturated heterocycles. The number of aliphatic hydroxyl groups is 1. The number of benzene rings is 1. The molecular formula is C10H9IOS. The largest absolute Gasteiger partial charge is 0.392 e. The molecule has 0 radical (unpaired) electrons. The molecule has 0 fully saturated rings. The molecule has 2 aromatic rings. The Hall–Kier alpha value is -0.130. The Balaban J connectivity index is 2.80. The maximum absolute atomic E-state index is 9.20. The Morgan fingerprint density at radius 2 is 2.23 bits per heavy atom. The summed E-state index contributed by atoms with van der Waals surface area (Å²) in [6.45, 7) is 2.20. The van der Waals surface area contributed by atoms with Gasteiger partial charge in [0.1, 0.15) is 0 Å². The standard InChI is InChI=1S/C10H9IOS/c1-6-9(5-12)8-4-7(11)2-3-10(8)13-6/h2-4,12H,5H2,1H3. The van der Waals surface area contributed by atoms with E-state index in [2.05, 4.69) is 47.7 Å². The minimum Gasteiger partial charge on any atom is -0.392 e. The summed E-state index contributed by atoms with van der Waals surface area (Å²) in [5, 5.41) is 10.4. The highest BCUT2D eigenvalue weighted by Crippen LogP contribution is 2.31. The first-order chi connectivity index (χ1) is 6.22. The zero-order chi connectivity index (χ0) is 9.42. The van der Waals surface area contributed by atoms with Gasteiger partial charge in [0.25, 0.3) is 0 Å². The Bertz CT molecular complexity index is 447. The van der Waals surface area contributed by atoms with Gasteiger partial charge in [-0.05, 0) is 58.7 Å². The van der Waals surface area contributed by atoms with Crippen LogP contribution in [0.25, 0.3) is 10.1 Å². The molecule has 0 aliphatic rings. The molecule has 1 aromatic carbocycles. The van der Waals surface area contributed by atoms with Crippen LogP contribution in [0, 0.1) is 10.5 Å². The van der Waals surface area contributed by atoms with E-state index in [1.807, 2.05) is 0 Å². The van der Waals surface area contributed by atoms with Gasteiger partial charge >= 0.3 is 0 Å². The molecule has 0 atom stereocenters. The van der Waals surface area contributed by atoms with Crippen LogP contribution in [0.4, 0.5) is 0 Å². The Kier molecular flexibility index (Phi) is 2.58. The van der Waals surface area contributed by atoms with E-state index in [0.717, 1.165) is 5.56 Å². The number of aryl methyl sites for hydroxylation is 1. The number of hydrogen-bond acceptors (Lipinski definition) is 2. The maximum atomic E-state index is 9.20. The number of halogens is 1. The Morgan fingerprint density at radius 1 is 1.46 bits per heavy atom. The molecule has 0 aliphatic carbocycles. The maximum Gasteiger partial charge on any atom is 0.0698 e. The molecular weight excluding hydrogens is 295 g/mol. The first-order valence-corrected chi connectivity index (χ1v) is 5.90. The minimum absolute atomic E-state index is 0.145. The zero-order valence-corrected chi connectivity index (χ0v) is 10.1. The molecule has 68 valence electrons. The van der Waals surface area contributed by atoms with Gasteiger partial charge in [0.2, 0.25) is 0 Å². The number of thiophene rings is 1. The summed E-state index contributed by atoms with van der Waals surface area (Å²) in [7, 11) is 0. The third-order valence-electron chi connectivity index (χ3n) is 2.11. The van der Waals surface area contributed by atoms with Crippen molar-refractivity contribution in [2.24, 2.45) is 0 Å². The predicted octanol–water partition coefficient (Wildman–Crippen LogP) is 3.31. The van der Waals surface area contributed by atoms with Crippen LogP contribution < -0.4 is 0 Å². The quantitative estimate of drug-likeness (QED) is 0.802. The van der Waals surface area contributed by atoms with Crippen molar-refractivity contribution in [3.8, 4) is 0 Å². The van der Waals surface area contributed by atoms with Crippen molar-refractivity contribution in [3.63, 3.8) is 0 Å². The van der Waals surface area contributed by atoms with Crippen LogP contribution in [0.1, 0.15) is 10.4 Å². The molecule has 3 heteroatoms. The fraction of sp³-hybridized carbons (Fsp3) is 0.200. The van der Waals surface area contributed by atoms with Crippen LogP contribution in [0.5, 0.6) is 0 Å². The van der Waals surface area contributed by atoms with Crippen molar-refractivity contribution in [3.05, 3.63) is 32.2 Å². The lowest BCUT2D eigenvalue weighted by atomic mass is 10.1. The summed E-state index contributed by atoms with van der Waals surface area (Å²) in [6, 6.07) is 6.35. The van der Waals surface area contributed by atoms with E-state index in [-0.39, 0.29) is 6.61 Å². The molecule has 0 bridgehead atoms. The van der Waals surface area contributed by atoms with Gasteiger partial charge in [0, 0.05) is 13.1 Å². The predicted molar refractivity (Wildman–Crippen MR) is 65.2 cm³/mol. The highest BCUT2D eigenvalue weighted by atomic mass is 127. The molecule has 0 spiro atoms. The third-order valence-corrected chi connectivity index (χ3v) is 3.91. The Labute approximate surface area is 94.5 Å². The summed E-state index contributed by atoms with van der Waals surface area (Å²) < 4.78 is 2.49. The van der Waals surface area contributed by atoms with Crippen molar-refractivity contribution < 1.29 is 5.11 Å². The minimum atomic E-state index is 0.145. The molecule has 2 rings (SSSR count). The second kappa shape index (κ2) is 3.55. The lowest BCUT2D eigenvalue weighted by Crippen LogP contribution is -1.82. The van der Waals surface area contributed by atoms with Crippen molar-refractivity contribution in [1.82, 2.24) is 0 Å². The first-order valence-electron chi connectivity index (χ1n) is 4.01. The lowest BCUT2D eigenvalue weighted by Gasteiger charge is -1.95. The molecule has 1 N–H and O–H groups in total. The van der Waals surface area contributed by atoms with Gasteiger partial charge in [0.15, 0.2) is 0 Å². The third kappa shape index (κ3) is 1.60. The fourth-order valence-corrected chi connectivity index (χ4v) is 2.99. The SMILES string of the molecule is Cc1sc2ccc(I)cc2c1CO. The summed E-state index contributed by atoms with van der Waals surface area (Å²) in [5.74, 6) is 0. The summed E-state index contributed by atoms with van der Waals surface area (Å²) in [4.78, 5) is 1.22. The van der Waals surface area contributed by atoms with E-state index in [1.54, 1.807) is 11.3 Å². The highest BCUT2D eigenvalue weighted by molar-refractivity contribution is 14.1. The number of aliphatic hydroxyl groups excluding tert-OH is 1. The van der Waals surface area contributed by atoms with Gasteiger partial charge in [-0.3, -0.25) is 0 Å². The molecule has 13 heavy (non-hydrogen) atoms. The summed E-state index contributed by atoms with van der Waals surface area (Å²) in [5.41, 5.74) is 1.08. The molecule has 0 aliphatic heterocycles. The van der Waals surface area contributed by atoms with Crippen molar-refractivity contribution in [2.45, 2.75) is 13.5 Å². The van der Waals surface area contributed by atoms with Crippen molar-refractivity contribution >= 4 is 44.0 Å². The molecule has 0 unspecified atom stereocenters. The Morgan fingerprint density at radius 3 is 2.92 bits per heavy atom. The highest BCUT2D eigenvalue weighted by Gasteiger charge is 2.07. The van der Waals surface area contributed by atoms with Crippen LogP contribution in [0.2, 0.25) is 0 Å². The van der Waals surface area contributed by atoms with Gasteiger partial charge in [-0.15, -0.1) is 11.3 Å². The average molecular weight is 304 g/mol. The summed E-state index contributed by atoms with van der Waals surface area (Å²) >= 11 is 4.04. The fourth-order valence-electron chi connectivity index (χ4n) is 1.44. The van der Waals surface area contributed by atoms with E-state index in [9.17, 15) is 5.11 Å². The number of hydrogen-bond donors (Lipinski definition) is 1. The van der Waals surface area contributed by atoms with E-state index in [4.69, 9.17) is 0 Å². The molecule has 0 amide bonds. The average Bonchev–Trinajstić information content (AvgIpc) is 2.40. The topological polar surface area (TPSA) is 20.2 Å². The van der Waals surface area contributed by atoms with Crippen LogP contribution >= 0.6 is 33.9 Å². The van der Waals surface area contributed by atoms with Gasteiger partial charge < -0.3 is 5.11 Å². The first kappa shape index (κ1) is 9.43. The van der Waals surface area contributed by atoms with Crippen LogP contribution in [-0.2, 0) is 6.61 Å². The second-order valence-electron chi connectivity index (χ2n) is 2.94. The normalized spacial score (nSPS) is 11.0. The van der Waals surface area contributed by atoms with Gasteiger partial charge in [0.05, 0.1) is 6.61 Å². The molecule has 1 nitrogen and oxygen atoms in total. The van der Waals surface area contributed by atoms with Crippen molar-refractivity contribution in [2.75, 3.05) is 0 Å². The monoisotopic (exact) mass is 304 g/mol. The van der Waals surface area contributed by atoms with Crippen LogP contribution in [0.3, 0.4) is 0 Å². The van der Waals surface area contributed by atoms with Gasteiger partial charge in [-0.2, -0.15) is 0 Å². The van der Waals surface area contributed by atoms with Gasteiger partial charge in [-0.25, -0.2) is 0 Å². The number of fused-ring (bicyclic) bond motifs is 1. The van der Waals surface area contributed by atoms with Gasteiger partial charge in [-0.1, -0.05) is 0 Å².